The summed E-state index contributed by atoms with van der Waals surface area (Å²) in [5.74, 6) is 0.134. The third-order valence-electron chi connectivity index (χ3n) is 1.07. The van der Waals surface area contributed by atoms with Crippen LogP contribution in [0.1, 0.15) is 0 Å². The number of carbonyl (C=O) groups is 1. The van der Waals surface area contributed by atoms with E-state index in [1.807, 2.05) is 19.6 Å². The van der Waals surface area contributed by atoms with Gasteiger partial charge in [0.05, 0.1) is 8.07 Å². The minimum Gasteiger partial charge on any atom is -0.365 e. The molecule has 0 bridgehead atoms. The van der Waals surface area contributed by atoms with E-state index in [0.29, 0.717) is 6.04 Å². The SMILES string of the molecule is C[Si](C)(C)CC#COC(=O)C(F)(F)F. The van der Waals surface area contributed by atoms with Crippen LogP contribution in [0.2, 0.25) is 25.7 Å². The van der Waals surface area contributed by atoms with Crippen molar-refractivity contribution in [2.45, 2.75) is 31.9 Å². The van der Waals surface area contributed by atoms with Crippen LogP contribution in [-0.2, 0) is 9.53 Å². The highest BCUT2D eigenvalue weighted by Gasteiger charge is 2.41. The standard InChI is InChI=1S/C8H11F3O2Si/c1-14(2,3)6-4-5-13-7(12)8(9,10)11/h6H2,1-3H3. The molecule has 0 aromatic heterocycles. The lowest BCUT2D eigenvalue weighted by Gasteiger charge is -2.09. The van der Waals surface area contributed by atoms with Crippen molar-refractivity contribution in [3.63, 3.8) is 0 Å². The number of alkyl halides is 3. The lowest BCUT2D eigenvalue weighted by Crippen LogP contribution is -2.23. The Balaban J connectivity index is 4.01. The van der Waals surface area contributed by atoms with E-state index in [0.717, 1.165) is 0 Å². The second kappa shape index (κ2) is 4.51. The van der Waals surface area contributed by atoms with Gasteiger partial charge in [-0.05, 0) is 0 Å². The Labute approximate surface area is 81.4 Å². The molecule has 0 saturated carbocycles. The van der Waals surface area contributed by atoms with Crippen LogP contribution in [-0.4, -0.2) is 20.2 Å². The summed E-state index contributed by atoms with van der Waals surface area (Å²) in [6, 6.07) is 0.498. The van der Waals surface area contributed by atoms with E-state index in [-0.39, 0.29) is 0 Å². The van der Waals surface area contributed by atoms with E-state index in [1.165, 1.54) is 0 Å². The van der Waals surface area contributed by atoms with Crippen molar-refractivity contribution in [1.82, 2.24) is 0 Å². The van der Waals surface area contributed by atoms with Crippen molar-refractivity contribution >= 4 is 14.0 Å². The predicted molar refractivity (Wildman–Crippen MR) is 48.1 cm³/mol. The second-order valence-electron chi connectivity index (χ2n) is 3.90. The van der Waals surface area contributed by atoms with E-state index in [2.05, 4.69) is 10.7 Å². The summed E-state index contributed by atoms with van der Waals surface area (Å²) in [5.41, 5.74) is 0. The second-order valence-corrected chi connectivity index (χ2v) is 9.38. The minimum atomic E-state index is -4.96. The van der Waals surface area contributed by atoms with Gasteiger partial charge in [0.25, 0.3) is 0 Å². The molecule has 0 aromatic rings. The molecule has 0 heterocycles. The highest BCUT2D eigenvalue weighted by molar-refractivity contribution is 6.76. The summed E-state index contributed by atoms with van der Waals surface area (Å²) in [6.45, 7) is 6.02. The van der Waals surface area contributed by atoms with Crippen molar-refractivity contribution in [2.24, 2.45) is 0 Å². The van der Waals surface area contributed by atoms with Crippen LogP contribution in [0.4, 0.5) is 13.2 Å². The zero-order valence-electron chi connectivity index (χ0n) is 8.16. The van der Waals surface area contributed by atoms with Gasteiger partial charge in [-0.2, -0.15) is 13.2 Å². The number of hydrogen-bond donors (Lipinski definition) is 0. The van der Waals surface area contributed by atoms with Gasteiger partial charge in [-0.25, -0.2) is 4.79 Å². The van der Waals surface area contributed by atoms with E-state index in [9.17, 15) is 18.0 Å². The fourth-order valence-electron chi connectivity index (χ4n) is 0.442. The first-order valence-electron chi connectivity index (χ1n) is 3.89. The van der Waals surface area contributed by atoms with Gasteiger partial charge in [0.2, 0.25) is 0 Å². The molecule has 0 N–H and O–H groups in total. The van der Waals surface area contributed by atoms with Crippen LogP contribution < -0.4 is 0 Å². The highest BCUT2D eigenvalue weighted by Crippen LogP contribution is 2.15. The summed E-state index contributed by atoms with van der Waals surface area (Å²) in [5, 5.41) is 0. The number of esters is 1. The zero-order valence-corrected chi connectivity index (χ0v) is 9.16. The molecule has 0 saturated heterocycles. The Morgan fingerprint density at radius 1 is 1.36 bits per heavy atom. The maximum absolute atomic E-state index is 11.6. The molecule has 0 atom stereocenters. The summed E-state index contributed by atoms with van der Waals surface area (Å²) in [6.07, 6.45) is -3.20. The lowest BCUT2D eigenvalue weighted by atomic mass is 10.7. The first-order chi connectivity index (χ1) is 6.13. The molecule has 0 rings (SSSR count). The molecule has 14 heavy (non-hydrogen) atoms. The van der Waals surface area contributed by atoms with Gasteiger partial charge in [0.1, 0.15) is 6.11 Å². The van der Waals surface area contributed by atoms with Crippen molar-refractivity contribution < 1.29 is 22.7 Å². The quantitative estimate of drug-likeness (QED) is 0.388. The largest absolute Gasteiger partial charge is 0.492 e. The van der Waals surface area contributed by atoms with Gasteiger partial charge in [-0.3, -0.25) is 0 Å². The first kappa shape index (κ1) is 13.0. The molecular formula is C8H11F3O2Si. The van der Waals surface area contributed by atoms with Crippen LogP contribution in [0.15, 0.2) is 0 Å². The van der Waals surface area contributed by atoms with Crippen molar-refractivity contribution in [1.29, 1.82) is 0 Å². The molecule has 0 radical (unpaired) electrons. The predicted octanol–water partition coefficient (Wildman–Crippen LogP) is 2.39. The van der Waals surface area contributed by atoms with E-state index >= 15 is 0 Å². The molecular weight excluding hydrogens is 213 g/mol. The molecule has 0 fully saturated rings. The van der Waals surface area contributed by atoms with E-state index in [4.69, 9.17) is 0 Å². The van der Waals surface area contributed by atoms with Crippen LogP contribution >= 0.6 is 0 Å². The maximum Gasteiger partial charge on any atom is 0.492 e. The average molecular weight is 224 g/mol. The van der Waals surface area contributed by atoms with Gasteiger partial charge in [0, 0.05) is 6.04 Å². The van der Waals surface area contributed by atoms with Gasteiger partial charge >= 0.3 is 12.1 Å². The van der Waals surface area contributed by atoms with Gasteiger partial charge < -0.3 is 4.74 Å². The molecule has 0 aliphatic carbocycles. The number of hydrogen-bond acceptors (Lipinski definition) is 2. The smallest absolute Gasteiger partial charge is 0.365 e. The normalized spacial score (nSPS) is 11.6. The molecule has 0 spiro atoms. The molecule has 0 unspecified atom stereocenters. The maximum atomic E-state index is 11.6. The summed E-state index contributed by atoms with van der Waals surface area (Å²) in [4.78, 5) is 10.2. The van der Waals surface area contributed by atoms with E-state index in [1.54, 1.807) is 6.11 Å². The molecule has 0 aliphatic rings. The monoisotopic (exact) mass is 224 g/mol. The van der Waals surface area contributed by atoms with Crippen LogP contribution in [0, 0.1) is 12.0 Å². The fraction of sp³-hybridized carbons (Fsp3) is 0.625. The number of ether oxygens (including phenoxy) is 1. The van der Waals surface area contributed by atoms with Crippen molar-refractivity contribution in [2.75, 3.05) is 0 Å². The number of carbonyl (C=O) groups excluding carboxylic acids is 1. The van der Waals surface area contributed by atoms with Crippen LogP contribution in [0.3, 0.4) is 0 Å². The molecule has 0 aliphatic heterocycles. The summed E-state index contributed by atoms with van der Waals surface area (Å²) < 4.78 is 38.4. The molecule has 6 heteroatoms. The van der Waals surface area contributed by atoms with Gasteiger partial charge in [-0.15, -0.1) is 0 Å². The Morgan fingerprint density at radius 2 is 1.86 bits per heavy atom. The Kier molecular flexibility index (Phi) is 4.20. The summed E-state index contributed by atoms with van der Waals surface area (Å²) >= 11 is 0. The Morgan fingerprint density at radius 3 is 2.21 bits per heavy atom. The number of rotatable bonds is 1. The molecule has 0 amide bonds. The van der Waals surface area contributed by atoms with E-state index < -0.39 is 20.2 Å². The Bertz CT molecular complexity index is 267. The average Bonchev–Trinajstić information content (AvgIpc) is 1.93. The molecule has 0 aromatic carbocycles. The van der Waals surface area contributed by atoms with Crippen LogP contribution in [0.25, 0.3) is 0 Å². The van der Waals surface area contributed by atoms with Crippen LogP contribution in [0.5, 0.6) is 0 Å². The van der Waals surface area contributed by atoms with Gasteiger partial charge in [-0.1, -0.05) is 25.6 Å². The lowest BCUT2D eigenvalue weighted by molar-refractivity contribution is -0.192. The third kappa shape index (κ3) is 6.54. The third-order valence-corrected chi connectivity index (χ3v) is 2.30. The van der Waals surface area contributed by atoms with Crippen molar-refractivity contribution in [3.05, 3.63) is 0 Å². The fourth-order valence-corrected chi connectivity index (χ4v) is 1.04. The number of halogens is 3. The first-order valence-corrected chi connectivity index (χ1v) is 7.59. The zero-order chi connectivity index (χ0) is 11.4. The van der Waals surface area contributed by atoms with Crippen molar-refractivity contribution in [3.8, 4) is 12.0 Å². The Hall–Kier alpha value is -0.963. The van der Waals surface area contributed by atoms with Gasteiger partial charge in [0.15, 0.2) is 0 Å². The minimum absolute atomic E-state index is 0.498. The molecule has 80 valence electrons. The molecule has 2 nitrogen and oxygen atoms in total. The topological polar surface area (TPSA) is 26.3 Å². The highest BCUT2D eigenvalue weighted by atomic mass is 28.3. The summed E-state index contributed by atoms with van der Waals surface area (Å²) in [7, 11) is -1.42.